The first-order valence-electron chi connectivity index (χ1n) is 23.8. The second-order valence-corrected chi connectivity index (χ2v) is 19.6. The standard InChI is InChI=1S/C53H60N8O6S/c1-33(2)47(59-53(65)66-3)51(63)60-23-7-11-44(60)50-56-30-43(58-50)41-20-19-39-27-38(17-18-40(39)28-41)35-13-15-36(16-14-35)42-29-55-49(57-42)45-12-8-24-61(45)52(64)48(37-21-25-68-26-22-37)54-31-46(62)67-32-34-9-5-4-6-10-34/h4-6,9-10,13-20,27-30,33,37,44-45,47-48,54H,7-8,11-12,21-26,31-32H2,1-3H3,(H,55,57)(H,56,58)(H,59,65)/t44-,45?,47-,48+/m0/s1. The van der Waals surface area contributed by atoms with Crippen LogP contribution in [0.25, 0.3) is 44.4 Å². The van der Waals surface area contributed by atoms with Gasteiger partial charge in [-0.3, -0.25) is 19.7 Å². The second kappa shape index (κ2) is 21.2. The maximum Gasteiger partial charge on any atom is 0.407 e. The summed E-state index contributed by atoms with van der Waals surface area (Å²) < 4.78 is 10.3. The van der Waals surface area contributed by atoms with E-state index < -0.39 is 18.2 Å². The molecule has 1 unspecified atom stereocenters. The molecule has 0 aliphatic carbocycles. The highest BCUT2D eigenvalue weighted by atomic mass is 32.2. The molecule has 3 aliphatic rings. The molecule has 14 nitrogen and oxygen atoms in total. The number of benzene rings is 4. The number of carbonyl (C=O) groups is 4. The summed E-state index contributed by atoms with van der Waals surface area (Å²) in [5.41, 5.74) is 6.88. The van der Waals surface area contributed by atoms with Crippen LogP contribution in [0.5, 0.6) is 0 Å². The Hall–Kier alpha value is -6.45. The van der Waals surface area contributed by atoms with Gasteiger partial charge in [0.25, 0.3) is 0 Å². The number of fused-ring (bicyclic) bond motifs is 1. The van der Waals surface area contributed by atoms with Crippen molar-refractivity contribution in [3.05, 3.63) is 121 Å². The highest BCUT2D eigenvalue weighted by molar-refractivity contribution is 7.99. The van der Waals surface area contributed by atoms with Crippen molar-refractivity contribution in [2.24, 2.45) is 11.8 Å². The van der Waals surface area contributed by atoms with Gasteiger partial charge in [-0.15, -0.1) is 0 Å². The zero-order valence-corrected chi connectivity index (χ0v) is 39.7. The lowest BCUT2D eigenvalue weighted by Crippen LogP contribution is -2.52. The third-order valence-corrected chi connectivity index (χ3v) is 14.7. The van der Waals surface area contributed by atoms with Crippen LogP contribution in [0.2, 0.25) is 0 Å². The number of hydrogen-bond donors (Lipinski definition) is 4. The minimum Gasteiger partial charge on any atom is -0.460 e. The van der Waals surface area contributed by atoms with Gasteiger partial charge in [0.05, 0.1) is 55.6 Å². The van der Waals surface area contributed by atoms with Gasteiger partial charge in [-0.05, 0) is 107 Å². The summed E-state index contributed by atoms with van der Waals surface area (Å²) in [5, 5.41) is 8.25. The smallest absolute Gasteiger partial charge is 0.407 e. The number of methoxy groups -OCH3 is 1. The SMILES string of the molecule is COC(=O)N[C@H](C(=O)N1CCC[C@H]1c1ncc(-c2ccc3cc(-c4ccc(-c5cnc(C6CCCN6C(=O)[C@H](NCC(=O)OCc6ccccc6)C6CCSCC6)[nH]5)cc4)ccc3c2)[nH]1)C(C)C. The van der Waals surface area contributed by atoms with Crippen LogP contribution in [-0.2, 0) is 30.5 Å². The second-order valence-electron chi connectivity index (χ2n) is 18.4. The van der Waals surface area contributed by atoms with Crippen molar-refractivity contribution in [1.29, 1.82) is 0 Å². The van der Waals surface area contributed by atoms with Crippen LogP contribution in [0.4, 0.5) is 4.79 Å². The fourth-order valence-electron chi connectivity index (χ4n) is 9.91. The van der Waals surface area contributed by atoms with Crippen molar-refractivity contribution < 1.29 is 28.7 Å². The van der Waals surface area contributed by atoms with E-state index in [0.29, 0.717) is 13.1 Å². The Morgan fingerprint density at radius 3 is 1.93 bits per heavy atom. The number of imidazole rings is 2. The molecule has 3 aliphatic heterocycles. The largest absolute Gasteiger partial charge is 0.460 e. The number of hydrogen-bond acceptors (Lipinski definition) is 10. The molecule has 68 heavy (non-hydrogen) atoms. The zero-order valence-electron chi connectivity index (χ0n) is 38.9. The van der Waals surface area contributed by atoms with E-state index in [9.17, 15) is 19.2 Å². The van der Waals surface area contributed by atoms with Crippen molar-refractivity contribution >= 4 is 46.4 Å². The van der Waals surface area contributed by atoms with Gasteiger partial charge in [-0.25, -0.2) is 14.8 Å². The normalized spacial score (nSPS) is 18.5. The van der Waals surface area contributed by atoms with E-state index in [1.807, 2.05) is 78.1 Å². The Balaban J connectivity index is 0.840. The van der Waals surface area contributed by atoms with E-state index in [-0.39, 0.29) is 54.9 Å². The van der Waals surface area contributed by atoms with Crippen LogP contribution >= 0.6 is 11.8 Å². The first-order chi connectivity index (χ1) is 33.1. The minimum atomic E-state index is -0.690. The van der Waals surface area contributed by atoms with Crippen LogP contribution in [0.1, 0.15) is 81.7 Å². The number of nitrogens with zero attached hydrogens (tertiary/aromatic N) is 4. The lowest BCUT2D eigenvalue weighted by molar-refractivity contribution is -0.144. The average molecular weight is 937 g/mol. The average Bonchev–Trinajstić information content (AvgIpc) is 4.23. The summed E-state index contributed by atoms with van der Waals surface area (Å²) in [6.07, 6.45) is 8.24. The van der Waals surface area contributed by atoms with E-state index in [4.69, 9.17) is 19.4 Å². The first-order valence-corrected chi connectivity index (χ1v) is 25.0. The summed E-state index contributed by atoms with van der Waals surface area (Å²) in [4.78, 5) is 73.3. The molecule has 4 aromatic carbocycles. The van der Waals surface area contributed by atoms with E-state index in [0.717, 1.165) is 112 Å². The van der Waals surface area contributed by atoms with Crippen molar-refractivity contribution in [2.75, 3.05) is 38.2 Å². The Bertz CT molecular complexity index is 2720. The number of amides is 3. The molecule has 4 N–H and O–H groups in total. The van der Waals surface area contributed by atoms with Crippen LogP contribution in [0, 0.1) is 11.8 Å². The summed E-state index contributed by atoms with van der Waals surface area (Å²) in [7, 11) is 1.30. The molecule has 3 fully saturated rings. The number of nitrogens with one attached hydrogen (secondary N) is 4. The number of aromatic amines is 2. The van der Waals surface area contributed by atoms with Gasteiger partial charge < -0.3 is 34.6 Å². The molecule has 9 rings (SSSR count). The monoisotopic (exact) mass is 936 g/mol. The molecule has 0 saturated carbocycles. The summed E-state index contributed by atoms with van der Waals surface area (Å²) in [6.45, 7) is 5.24. The van der Waals surface area contributed by atoms with Crippen LogP contribution < -0.4 is 10.6 Å². The topological polar surface area (TPSA) is 175 Å². The Labute approximate surface area is 401 Å². The van der Waals surface area contributed by atoms with Gasteiger partial charge >= 0.3 is 12.1 Å². The van der Waals surface area contributed by atoms with Crippen LogP contribution in [-0.4, -0.2) is 104 Å². The number of alkyl carbamates (subject to hydrolysis) is 1. The lowest BCUT2D eigenvalue weighted by Gasteiger charge is -2.34. The Kier molecular flexibility index (Phi) is 14.6. The molecule has 0 bridgehead atoms. The number of rotatable bonds is 15. The number of likely N-dealkylation sites (tertiary alicyclic amines) is 2. The fourth-order valence-corrected chi connectivity index (χ4v) is 11.1. The van der Waals surface area contributed by atoms with E-state index in [2.05, 4.69) is 81.3 Å². The predicted octanol–water partition coefficient (Wildman–Crippen LogP) is 8.84. The lowest BCUT2D eigenvalue weighted by atomic mass is 9.92. The van der Waals surface area contributed by atoms with Gasteiger partial charge in [0.1, 0.15) is 24.3 Å². The number of H-pyrrole nitrogens is 2. The molecular formula is C53H60N8O6S. The molecule has 6 aromatic rings. The van der Waals surface area contributed by atoms with Gasteiger partial charge in [0, 0.05) is 18.7 Å². The summed E-state index contributed by atoms with van der Waals surface area (Å²) in [5.74, 6) is 3.07. The maximum atomic E-state index is 14.4. The highest BCUT2D eigenvalue weighted by Crippen LogP contribution is 2.37. The molecule has 4 atom stereocenters. The van der Waals surface area contributed by atoms with Crippen molar-refractivity contribution in [2.45, 2.75) is 83.1 Å². The van der Waals surface area contributed by atoms with Crippen molar-refractivity contribution in [3.63, 3.8) is 0 Å². The number of aromatic nitrogens is 4. The zero-order chi connectivity index (χ0) is 47.1. The number of carbonyl (C=O) groups excluding carboxylic acids is 4. The Morgan fingerprint density at radius 1 is 0.721 bits per heavy atom. The molecule has 3 amide bonds. The Morgan fingerprint density at radius 2 is 1.29 bits per heavy atom. The first kappa shape index (κ1) is 46.7. The van der Waals surface area contributed by atoms with Gasteiger partial charge in [-0.2, -0.15) is 11.8 Å². The van der Waals surface area contributed by atoms with Gasteiger partial charge in [-0.1, -0.05) is 92.7 Å². The van der Waals surface area contributed by atoms with Gasteiger partial charge in [0.2, 0.25) is 11.8 Å². The summed E-state index contributed by atoms with van der Waals surface area (Å²) in [6, 6.07) is 29.3. The highest BCUT2D eigenvalue weighted by Gasteiger charge is 2.40. The number of thioether (sulfide) groups is 1. The van der Waals surface area contributed by atoms with E-state index >= 15 is 0 Å². The quantitative estimate of drug-likeness (QED) is 0.0729. The van der Waals surface area contributed by atoms with E-state index in [1.54, 1.807) is 0 Å². The maximum absolute atomic E-state index is 14.4. The molecule has 15 heteroatoms. The molecule has 354 valence electrons. The molecular weight excluding hydrogens is 877 g/mol. The number of ether oxygens (including phenoxy) is 2. The molecule has 3 saturated heterocycles. The van der Waals surface area contributed by atoms with Crippen molar-refractivity contribution in [1.82, 2.24) is 40.4 Å². The minimum absolute atomic E-state index is 0.0217. The third-order valence-electron chi connectivity index (χ3n) is 13.7. The van der Waals surface area contributed by atoms with Crippen LogP contribution in [0.3, 0.4) is 0 Å². The van der Waals surface area contributed by atoms with E-state index in [1.165, 1.54) is 7.11 Å². The molecule has 2 aromatic heterocycles. The molecule has 0 spiro atoms. The fraction of sp³-hybridized carbons (Fsp3) is 0.396. The summed E-state index contributed by atoms with van der Waals surface area (Å²) >= 11 is 1.92. The molecule has 0 radical (unpaired) electrons. The number of esters is 1. The van der Waals surface area contributed by atoms with Gasteiger partial charge in [0.15, 0.2) is 0 Å². The molecule has 5 heterocycles. The predicted molar refractivity (Wildman–Crippen MR) is 264 cm³/mol. The third kappa shape index (κ3) is 10.5. The van der Waals surface area contributed by atoms with Crippen LogP contribution in [0.15, 0.2) is 103 Å². The van der Waals surface area contributed by atoms with Crippen molar-refractivity contribution in [3.8, 4) is 33.6 Å².